The minimum atomic E-state index is 0.0515. The molecule has 23 heavy (non-hydrogen) atoms. The van der Waals surface area contributed by atoms with Crippen LogP contribution in [0.1, 0.15) is 12.8 Å². The number of hydrogen-bond acceptors (Lipinski definition) is 4. The molecule has 0 radical (unpaired) electrons. The van der Waals surface area contributed by atoms with E-state index in [-0.39, 0.29) is 12.0 Å². The minimum Gasteiger partial charge on any atom is -0.472 e. The molecule has 1 aromatic heterocycles. The molecule has 1 amide bonds. The highest BCUT2D eigenvalue weighted by molar-refractivity contribution is 7.99. The fourth-order valence-electron chi connectivity index (χ4n) is 2.57. The van der Waals surface area contributed by atoms with E-state index >= 15 is 0 Å². The second-order valence-corrected chi connectivity index (χ2v) is 6.62. The third-order valence-corrected chi connectivity index (χ3v) is 4.76. The Morgan fingerprint density at radius 2 is 2.04 bits per heavy atom. The van der Waals surface area contributed by atoms with Crippen LogP contribution >= 0.6 is 11.8 Å². The lowest BCUT2D eigenvalue weighted by molar-refractivity contribution is -0.129. The SMILES string of the molecule is O=C(CCSc1ccccc1)N1CCC(Oc2ccccn2)C1. The largest absolute Gasteiger partial charge is 0.472 e. The molecule has 2 heterocycles. The molecule has 0 saturated carbocycles. The summed E-state index contributed by atoms with van der Waals surface area (Å²) in [6.07, 6.45) is 3.20. The number of rotatable bonds is 6. The molecule has 5 heteroatoms. The van der Waals surface area contributed by atoms with Crippen LogP contribution < -0.4 is 4.74 Å². The third-order valence-electron chi connectivity index (χ3n) is 3.75. The highest BCUT2D eigenvalue weighted by Crippen LogP contribution is 2.20. The summed E-state index contributed by atoms with van der Waals surface area (Å²) in [5, 5.41) is 0. The molecule has 1 fully saturated rings. The molecular formula is C18H20N2O2S. The molecule has 1 aromatic carbocycles. The topological polar surface area (TPSA) is 42.4 Å². The Kier molecular flexibility index (Phi) is 5.53. The normalized spacial score (nSPS) is 17.2. The first-order valence-corrected chi connectivity index (χ1v) is 8.83. The zero-order valence-electron chi connectivity index (χ0n) is 12.9. The Balaban J connectivity index is 1.41. The van der Waals surface area contributed by atoms with Gasteiger partial charge in [-0.15, -0.1) is 11.8 Å². The quantitative estimate of drug-likeness (QED) is 0.764. The second kappa shape index (κ2) is 8.02. The highest BCUT2D eigenvalue weighted by atomic mass is 32.2. The smallest absolute Gasteiger partial charge is 0.223 e. The van der Waals surface area contributed by atoms with Crippen LogP contribution in [0.2, 0.25) is 0 Å². The Labute approximate surface area is 140 Å². The number of ether oxygens (including phenoxy) is 1. The summed E-state index contributed by atoms with van der Waals surface area (Å²) >= 11 is 1.72. The van der Waals surface area contributed by atoms with Crippen molar-refractivity contribution in [1.82, 2.24) is 9.88 Å². The maximum absolute atomic E-state index is 12.3. The molecule has 3 rings (SSSR count). The zero-order chi connectivity index (χ0) is 15.9. The molecule has 4 nitrogen and oxygen atoms in total. The standard InChI is InChI=1S/C18H20N2O2S/c21-18(10-13-23-16-6-2-1-3-7-16)20-12-9-15(14-20)22-17-8-4-5-11-19-17/h1-8,11,15H,9-10,12-14H2. The predicted molar refractivity (Wildman–Crippen MR) is 91.6 cm³/mol. The maximum atomic E-state index is 12.3. The van der Waals surface area contributed by atoms with Gasteiger partial charge >= 0.3 is 0 Å². The molecule has 1 saturated heterocycles. The molecule has 0 N–H and O–H groups in total. The van der Waals surface area contributed by atoms with E-state index in [1.165, 1.54) is 4.90 Å². The van der Waals surface area contributed by atoms with Gasteiger partial charge in [0.25, 0.3) is 0 Å². The summed E-state index contributed by atoms with van der Waals surface area (Å²) in [4.78, 5) is 19.5. The van der Waals surface area contributed by atoms with Gasteiger partial charge < -0.3 is 9.64 Å². The molecule has 1 unspecified atom stereocenters. The van der Waals surface area contributed by atoms with Gasteiger partial charge in [-0.05, 0) is 18.2 Å². The average Bonchev–Trinajstić information content (AvgIpc) is 3.05. The lowest BCUT2D eigenvalue weighted by Gasteiger charge is -2.16. The van der Waals surface area contributed by atoms with Crippen molar-refractivity contribution >= 4 is 17.7 Å². The molecule has 1 atom stereocenters. The molecule has 120 valence electrons. The maximum Gasteiger partial charge on any atom is 0.223 e. The fourth-order valence-corrected chi connectivity index (χ4v) is 3.43. The number of benzene rings is 1. The Morgan fingerprint density at radius 1 is 1.22 bits per heavy atom. The molecular weight excluding hydrogens is 308 g/mol. The molecule has 1 aliphatic rings. The number of carbonyl (C=O) groups excluding carboxylic acids is 1. The van der Waals surface area contributed by atoms with Gasteiger partial charge in [-0.1, -0.05) is 24.3 Å². The van der Waals surface area contributed by atoms with Gasteiger partial charge in [0.15, 0.2) is 0 Å². The third kappa shape index (κ3) is 4.73. The zero-order valence-corrected chi connectivity index (χ0v) is 13.7. The highest BCUT2D eigenvalue weighted by Gasteiger charge is 2.27. The lowest BCUT2D eigenvalue weighted by atomic mass is 10.3. The Morgan fingerprint density at radius 3 is 2.83 bits per heavy atom. The van der Waals surface area contributed by atoms with Crippen LogP contribution in [-0.2, 0) is 4.79 Å². The van der Waals surface area contributed by atoms with Crippen LogP contribution in [0.4, 0.5) is 0 Å². The number of amides is 1. The van der Waals surface area contributed by atoms with Crippen LogP contribution in [-0.4, -0.2) is 40.7 Å². The van der Waals surface area contributed by atoms with Gasteiger partial charge in [0.05, 0.1) is 6.54 Å². The Bertz CT molecular complexity index is 621. The van der Waals surface area contributed by atoms with Crippen LogP contribution in [0.3, 0.4) is 0 Å². The second-order valence-electron chi connectivity index (χ2n) is 5.45. The van der Waals surface area contributed by atoms with E-state index < -0.39 is 0 Å². The number of nitrogens with zero attached hydrogens (tertiary/aromatic N) is 2. The molecule has 2 aromatic rings. The van der Waals surface area contributed by atoms with Gasteiger partial charge in [-0.3, -0.25) is 4.79 Å². The van der Waals surface area contributed by atoms with E-state index in [9.17, 15) is 4.79 Å². The number of pyridine rings is 1. The van der Waals surface area contributed by atoms with E-state index in [1.54, 1.807) is 18.0 Å². The van der Waals surface area contributed by atoms with Crippen LogP contribution in [0, 0.1) is 0 Å². The Hall–Kier alpha value is -2.01. The number of carbonyl (C=O) groups is 1. The average molecular weight is 328 g/mol. The molecule has 0 aliphatic carbocycles. The molecule has 0 bridgehead atoms. The van der Waals surface area contributed by atoms with Crippen molar-refractivity contribution in [3.05, 3.63) is 54.7 Å². The molecule has 1 aliphatic heterocycles. The van der Waals surface area contributed by atoms with Crippen molar-refractivity contribution in [2.75, 3.05) is 18.8 Å². The summed E-state index contributed by atoms with van der Waals surface area (Å²) in [6, 6.07) is 15.8. The van der Waals surface area contributed by atoms with Gasteiger partial charge in [0.2, 0.25) is 11.8 Å². The van der Waals surface area contributed by atoms with Gasteiger partial charge in [0.1, 0.15) is 6.10 Å². The van der Waals surface area contributed by atoms with E-state index in [2.05, 4.69) is 17.1 Å². The minimum absolute atomic E-state index is 0.0515. The van der Waals surface area contributed by atoms with Crippen LogP contribution in [0.25, 0.3) is 0 Å². The first kappa shape index (κ1) is 15.9. The van der Waals surface area contributed by atoms with Gasteiger partial charge in [-0.25, -0.2) is 4.98 Å². The number of aromatic nitrogens is 1. The molecule has 0 spiro atoms. The van der Waals surface area contributed by atoms with Crippen molar-refractivity contribution in [3.8, 4) is 5.88 Å². The van der Waals surface area contributed by atoms with Gasteiger partial charge in [-0.2, -0.15) is 0 Å². The summed E-state index contributed by atoms with van der Waals surface area (Å²) < 4.78 is 5.82. The number of likely N-dealkylation sites (tertiary alicyclic amines) is 1. The first-order valence-electron chi connectivity index (χ1n) is 7.84. The van der Waals surface area contributed by atoms with E-state index in [4.69, 9.17) is 4.74 Å². The van der Waals surface area contributed by atoms with Crippen LogP contribution in [0.5, 0.6) is 5.88 Å². The summed E-state index contributed by atoms with van der Waals surface area (Å²) in [5.74, 6) is 1.65. The van der Waals surface area contributed by atoms with Crippen LogP contribution in [0.15, 0.2) is 59.6 Å². The van der Waals surface area contributed by atoms with Crippen molar-refractivity contribution in [3.63, 3.8) is 0 Å². The fraction of sp³-hybridized carbons (Fsp3) is 0.333. The number of thioether (sulfide) groups is 1. The summed E-state index contributed by atoms with van der Waals surface area (Å²) in [6.45, 7) is 1.43. The van der Waals surface area contributed by atoms with E-state index in [0.29, 0.717) is 18.8 Å². The summed E-state index contributed by atoms with van der Waals surface area (Å²) in [7, 11) is 0. The van der Waals surface area contributed by atoms with Crippen molar-refractivity contribution in [2.45, 2.75) is 23.8 Å². The van der Waals surface area contributed by atoms with Crippen molar-refractivity contribution < 1.29 is 9.53 Å². The van der Waals surface area contributed by atoms with E-state index in [0.717, 1.165) is 18.7 Å². The van der Waals surface area contributed by atoms with Gasteiger partial charge in [0, 0.05) is 42.3 Å². The van der Waals surface area contributed by atoms with Crippen molar-refractivity contribution in [2.24, 2.45) is 0 Å². The predicted octanol–water partition coefficient (Wildman–Crippen LogP) is 3.24. The van der Waals surface area contributed by atoms with Crippen molar-refractivity contribution in [1.29, 1.82) is 0 Å². The summed E-state index contributed by atoms with van der Waals surface area (Å²) in [5.41, 5.74) is 0. The first-order chi connectivity index (χ1) is 11.3. The monoisotopic (exact) mass is 328 g/mol. The van der Waals surface area contributed by atoms with E-state index in [1.807, 2.05) is 41.3 Å². The lowest BCUT2D eigenvalue weighted by Crippen LogP contribution is -2.31. The number of hydrogen-bond donors (Lipinski definition) is 0.